The summed E-state index contributed by atoms with van der Waals surface area (Å²) in [5, 5.41) is 19.7. The second-order valence-corrected chi connectivity index (χ2v) is 18.5. The first-order valence-corrected chi connectivity index (χ1v) is 22.5. The molecule has 0 radical (unpaired) electrons. The molecule has 4 aromatic carbocycles. The van der Waals surface area contributed by atoms with E-state index in [1.54, 1.807) is 18.3 Å². The number of hydrogen-bond donors (Lipinski definition) is 3. The zero-order valence-electron chi connectivity index (χ0n) is 36.1. The molecule has 5 atom stereocenters. The van der Waals surface area contributed by atoms with Crippen molar-refractivity contribution in [1.82, 2.24) is 34.9 Å². The van der Waals surface area contributed by atoms with Gasteiger partial charge >= 0.3 is 0 Å². The summed E-state index contributed by atoms with van der Waals surface area (Å²) < 4.78 is 24.2. The predicted octanol–water partition coefficient (Wildman–Crippen LogP) is 8.46. The number of ether oxygens (including phenoxy) is 1. The van der Waals surface area contributed by atoms with Crippen LogP contribution in [0, 0.1) is 11.7 Å². The van der Waals surface area contributed by atoms with Crippen molar-refractivity contribution in [2.45, 2.75) is 69.7 Å². The average molecular weight is 871 g/mol. The Hall–Kier alpha value is -3.84. The average Bonchev–Trinajstić information content (AvgIpc) is 3.59. The molecule has 2 aliphatic rings. The molecule has 1 aromatic heterocycles. The molecule has 0 amide bonds. The number of aliphatic hydroxyl groups excluding tert-OH is 1. The van der Waals surface area contributed by atoms with E-state index in [-0.39, 0.29) is 30.0 Å². The van der Waals surface area contributed by atoms with Crippen molar-refractivity contribution in [2.75, 3.05) is 60.0 Å². The van der Waals surface area contributed by atoms with E-state index in [1.165, 1.54) is 17.2 Å². The Morgan fingerprint density at radius 3 is 2.49 bits per heavy atom. The lowest BCUT2D eigenvalue weighted by Crippen LogP contribution is -2.61. The van der Waals surface area contributed by atoms with Gasteiger partial charge in [-0.1, -0.05) is 71.7 Å². The van der Waals surface area contributed by atoms with Crippen molar-refractivity contribution in [3.8, 4) is 22.8 Å². The van der Waals surface area contributed by atoms with Crippen LogP contribution in [0.25, 0.3) is 11.3 Å². The summed E-state index contributed by atoms with van der Waals surface area (Å²) in [5.41, 5.74) is 4.63. The van der Waals surface area contributed by atoms with Crippen molar-refractivity contribution in [3.63, 3.8) is 0 Å². The molecular formula is C49H62Cl2FN7O2. The summed E-state index contributed by atoms with van der Waals surface area (Å²) in [6, 6.07) is 29.9. The highest BCUT2D eigenvalue weighted by Crippen LogP contribution is 2.34. The van der Waals surface area contributed by atoms with Gasteiger partial charge in [-0.2, -0.15) is 0 Å². The molecule has 9 nitrogen and oxygen atoms in total. The van der Waals surface area contributed by atoms with Crippen LogP contribution in [-0.2, 0) is 33.0 Å². The van der Waals surface area contributed by atoms with E-state index in [4.69, 9.17) is 27.9 Å². The Kier molecular flexibility index (Phi) is 15.6. The smallest absolute Gasteiger partial charge is 0.136 e. The van der Waals surface area contributed by atoms with Crippen LogP contribution in [0.5, 0.6) is 11.5 Å². The van der Waals surface area contributed by atoms with Crippen LogP contribution < -0.4 is 15.4 Å². The van der Waals surface area contributed by atoms with Crippen molar-refractivity contribution in [1.29, 1.82) is 0 Å². The number of piperidine rings is 1. The van der Waals surface area contributed by atoms with Gasteiger partial charge in [-0.15, -0.1) is 0 Å². The van der Waals surface area contributed by atoms with Gasteiger partial charge in [0.1, 0.15) is 23.1 Å². The monoisotopic (exact) mass is 869 g/mol. The number of fused-ring (bicyclic) bond motifs is 2. The minimum atomic E-state index is -0.386. The van der Waals surface area contributed by atoms with Crippen LogP contribution in [0.15, 0.2) is 97.2 Å². The Morgan fingerprint density at radius 2 is 1.74 bits per heavy atom. The van der Waals surface area contributed by atoms with Gasteiger partial charge in [0.2, 0.25) is 0 Å². The summed E-state index contributed by atoms with van der Waals surface area (Å²) in [6.07, 6.45) is 6.79. The Bertz CT molecular complexity index is 2170. The molecule has 61 heavy (non-hydrogen) atoms. The quantitative estimate of drug-likeness (QED) is 0.115. The second kappa shape index (κ2) is 21.0. The van der Waals surface area contributed by atoms with Crippen molar-refractivity contribution in [3.05, 3.63) is 136 Å². The predicted molar refractivity (Wildman–Crippen MR) is 246 cm³/mol. The number of hydrogen-bond acceptors (Lipinski definition) is 8. The van der Waals surface area contributed by atoms with Gasteiger partial charge in [0.25, 0.3) is 0 Å². The lowest BCUT2D eigenvalue weighted by molar-refractivity contribution is 0.0883. The van der Waals surface area contributed by atoms with Crippen molar-refractivity contribution in [2.24, 2.45) is 13.0 Å². The molecule has 3 heterocycles. The Morgan fingerprint density at radius 1 is 0.951 bits per heavy atom. The largest absolute Gasteiger partial charge is 0.457 e. The highest BCUT2D eigenvalue weighted by atomic mass is 35.5. The summed E-state index contributed by atoms with van der Waals surface area (Å²) in [4.78, 5) is 11.8. The Labute approximate surface area is 371 Å². The number of aromatic nitrogens is 2. The van der Waals surface area contributed by atoms with Gasteiger partial charge in [0.05, 0.1) is 25.0 Å². The first-order valence-electron chi connectivity index (χ1n) is 21.7. The Balaban J connectivity index is 1.13. The first-order chi connectivity index (χ1) is 29.5. The van der Waals surface area contributed by atoms with E-state index in [2.05, 4.69) is 74.8 Å². The summed E-state index contributed by atoms with van der Waals surface area (Å²) >= 11 is 12.9. The number of nitrogens with zero attached hydrogens (tertiary/aromatic N) is 5. The minimum Gasteiger partial charge on any atom is -0.457 e. The molecule has 0 saturated carbocycles. The normalized spacial score (nSPS) is 23.2. The van der Waals surface area contributed by atoms with Gasteiger partial charge in [-0.25, -0.2) is 9.37 Å². The number of aliphatic hydroxyl groups is 1. The fourth-order valence-corrected chi connectivity index (χ4v) is 9.39. The zero-order chi connectivity index (χ0) is 42.9. The summed E-state index contributed by atoms with van der Waals surface area (Å²) in [6.45, 7) is 8.73. The third-order valence-corrected chi connectivity index (χ3v) is 13.0. The third-order valence-electron chi connectivity index (χ3n) is 12.5. The van der Waals surface area contributed by atoms with Crippen LogP contribution >= 0.6 is 23.2 Å². The second-order valence-electron chi connectivity index (χ2n) is 17.6. The SMILES string of the molecule is C[C@H]1CN[C@H](CO)CN[C@@]2(Cc3ccc(Cl)cc3)CCCN(C[C@H](Cc3ccccc3)CCN1Cc1ccc(Cl)cc1Oc1ccc(-c3cnc(CN(C)C)n3C)c(F)c1)C2. The van der Waals surface area contributed by atoms with Crippen molar-refractivity contribution < 1.29 is 14.2 Å². The maximum atomic E-state index is 15.8. The lowest BCUT2D eigenvalue weighted by atomic mass is 9.82. The zero-order valence-corrected chi connectivity index (χ0v) is 37.6. The molecule has 326 valence electrons. The van der Waals surface area contributed by atoms with Crippen LogP contribution in [0.2, 0.25) is 10.0 Å². The molecule has 0 spiro atoms. The van der Waals surface area contributed by atoms with E-state index in [1.807, 2.05) is 60.9 Å². The van der Waals surface area contributed by atoms with Crippen LogP contribution in [0.1, 0.15) is 48.7 Å². The van der Waals surface area contributed by atoms with Crippen molar-refractivity contribution >= 4 is 23.2 Å². The fraction of sp³-hybridized carbons (Fsp3) is 0.449. The highest BCUT2D eigenvalue weighted by molar-refractivity contribution is 6.31. The van der Waals surface area contributed by atoms with Gasteiger partial charge in [0.15, 0.2) is 0 Å². The van der Waals surface area contributed by atoms with E-state index >= 15 is 4.39 Å². The molecule has 7 rings (SSSR count). The van der Waals surface area contributed by atoms with E-state index in [9.17, 15) is 5.11 Å². The third kappa shape index (κ3) is 12.2. The van der Waals surface area contributed by atoms with Crippen LogP contribution in [0.3, 0.4) is 0 Å². The van der Waals surface area contributed by atoms with Crippen LogP contribution in [-0.4, -0.2) is 107 Å². The highest BCUT2D eigenvalue weighted by Gasteiger charge is 2.37. The summed E-state index contributed by atoms with van der Waals surface area (Å²) in [5.74, 6) is 1.88. The molecule has 1 unspecified atom stereocenters. The molecule has 12 heteroatoms. The molecule has 5 aromatic rings. The first kappa shape index (κ1) is 45.2. The molecule has 2 aliphatic heterocycles. The molecular weight excluding hydrogens is 808 g/mol. The van der Waals surface area contributed by atoms with Gasteiger partial charge < -0.3 is 34.8 Å². The van der Waals surface area contributed by atoms with E-state index in [0.29, 0.717) is 59.9 Å². The number of imidazole rings is 1. The number of rotatable bonds is 12. The lowest BCUT2D eigenvalue weighted by Gasteiger charge is -2.46. The molecule has 0 aliphatic carbocycles. The number of nitrogens with one attached hydrogen (secondary N) is 2. The van der Waals surface area contributed by atoms with Gasteiger partial charge in [-0.3, -0.25) is 4.90 Å². The standard InChI is InChI=1S/C49H62Cl2FN7O2/c1-35-27-53-42(33-60)28-55-49(26-37-11-14-40(50)15-12-37)20-8-21-58(34-49)30-38(23-36-9-6-5-7-10-36)19-22-59(35)31-39-13-16-41(51)24-47(39)61-43-17-18-44(45(52)25-43)46-29-54-48(57(46)4)32-56(2)3/h5-7,9-18,24-25,29,35,38,42,53,55,60H,8,19-23,26-28,30-34H2,1-4H3/t35-,38-,42-,49+/m0/s1. The number of benzene rings is 4. The van der Waals surface area contributed by atoms with E-state index < -0.39 is 0 Å². The molecule has 2 bridgehead atoms. The minimum absolute atomic E-state index is 0.0297. The molecule has 2 fully saturated rings. The molecule has 2 saturated heterocycles. The molecule has 3 N–H and O–H groups in total. The maximum Gasteiger partial charge on any atom is 0.136 e. The van der Waals surface area contributed by atoms with Gasteiger partial charge in [0, 0.05) is 84.6 Å². The fourth-order valence-electron chi connectivity index (χ4n) is 9.10. The maximum absolute atomic E-state index is 15.8. The van der Waals surface area contributed by atoms with Crippen LogP contribution in [0.4, 0.5) is 4.39 Å². The summed E-state index contributed by atoms with van der Waals surface area (Å²) in [7, 11) is 5.88. The number of halogens is 3. The van der Waals surface area contributed by atoms with Gasteiger partial charge in [-0.05, 0) is 120 Å². The topological polar surface area (TPSA) is 81.1 Å². The van der Waals surface area contributed by atoms with E-state index in [0.717, 1.165) is 74.7 Å².